The Hall–Kier alpha value is -1.04. The molecule has 0 amide bonds. The number of aromatic nitrogens is 3. The lowest BCUT2D eigenvalue weighted by molar-refractivity contribution is -0.136. The van der Waals surface area contributed by atoms with E-state index >= 15 is 0 Å². The Morgan fingerprint density at radius 2 is 2.40 bits per heavy atom. The Balaban J connectivity index is 2.49. The number of H-pyrrole nitrogens is 1. The van der Waals surface area contributed by atoms with Crippen LogP contribution in [0.4, 0.5) is 0 Å². The first-order valence-electron chi connectivity index (χ1n) is 4.94. The molecule has 0 fully saturated rings. The van der Waals surface area contributed by atoms with E-state index in [1.54, 1.807) is 6.92 Å². The average Bonchev–Trinajstić information content (AvgIpc) is 2.62. The SMILES string of the molecule is CCCCc1nc(SC(C)C(=O)O)n[nH]1. The highest BCUT2D eigenvalue weighted by Crippen LogP contribution is 2.19. The predicted molar refractivity (Wildman–Crippen MR) is 57.9 cm³/mol. The molecule has 5 nitrogen and oxygen atoms in total. The summed E-state index contributed by atoms with van der Waals surface area (Å²) in [7, 11) is 0. The molecule has 1 heterocycles. The standard InChI is InChI=1S/C9H15N3O2S/c1-3-4-5-7-10-9(12-11-7)15-6(2)8(13)14/h6H,3-5H2,1-2H3,(H,13,14)(H,10,11,12). The summed E-state index contributed by atoms with van der Waals surface area (Å²) in [6, 6.07) is 0. The van der Waals surface area contributed by atoms with E-state index in [1.807, 2.05) is 0 Å². The Morgan fingerprint density at radius 3 is 3.00 bits per heavy atom. The third kappa shape index (κ3) is 3.91. The molecule has 6 heteroatoms. The van der Waals surface area contributed by atoms with Gasteiger partial charge in [0, 0.05) is 6.42 Å². The molecule has 2 N–H and O–H groups in total. The van der Waals surface area contributed by atoms with Crippen LogP contribution >= 0.6 is 11.8 Å². The van der Waals surface area contributed by atoms with Crippen molar-refractivity contribution in [1.29, 1.82) is 0 Å². The molecule has 0 aliphatic rings. The molecule has 1 aromatic rings. The lowest BCUT2D eigenvalue weighted by Gasteiger charge is -1.99. The fraction of sp³-hybridized carbons (Fsp3) is 0.667. The van der Waals surface area contributed by atoms with Crippen molar-refractivity contribution in [3.8, 4) is 0 Å². The number of aliphatic carboxylic acids is 1. The quantitative estimate of drug-likeness (QED) is 0.726. The Bertz CT molecular complexity index is 327. The van der Waals surface area contributed by atoms with E-state index in [2.05, 4.69) is 22.1 Å². The van der Waals surface area contributed by atoms with Gasteiger partial charge < -0.3 is 5.11 Å². The lowest BCUT2D eigenvalue weighted by Crippen LogP contribution is -2.11. The second-order valence-corrected chi connectivity index (χ2v) is 4.57. The zero-order chi connectivity index (χ0) is 11.3. The van der Waals surface area contributed by atoms with Crippen LogP contribution in [0.25, 0.3) is 0 Å². The summed E-state index contributed by atoms with van der Waals surface area (Å²) in [6.45, 7) is 3.73. The normalized spacial score (nSPS) is 12.7. The van der Waals surface area contributed by atoms with Crippen LogP contribution in [0, 0.1) is 0 Å². The van der Waals surface area contributed by atoms with Crippen molar-refractivity contribution < 1.29 is 9.90 Å². The zero-order valence-corrected chi connectivity index (χ0v) is 9.67. The van der Waals surface area contributed by atoms with Crippen LogP contribution in [0.2, 0.25) is 0 Å². The molecule has 0 aliphatic carbocycles. The highest BCUT2D eigenvalue weighted by atomic mass is 32.2. The van der Waals surface area contributed by atoms with Crippen molar-refractivity contribution in [1.82, 2.24) is 15.2 Å². The fourth-order valence-electron chi connectivity index (χ4n) is 0.995. The topological polar surface area (TPSA) is 78.9 Å². The molecule has 1 rings (SSSR count). The third-order valence-corrected chi connectivity index (χ3v) is 2.86. The van der Waals surface area contributed by atoms with Gasteiger partial charge in [0.15, 0.2) is 0 Å². The van der Waals surface area contributed by atoms with Gasteiger partial charge in [0.1, 0.15) is 11.1 Å². The molecular weight excluding hydrogens is 214 g/mol. The largest absolute Gasteiger partial charge is 0.480 e. The van der Waals surface area contributed by atoms with Gasteiger partial charge in [-0.25, -0.2) is 4.98 Å². The van der Waals surface area contributed by atoms with Crippen LogP contribution in [0.1, 0.15) is 32.5 Å². The number of unbranched alkanes of at least 4 members (excludes halogenated alkanes) is 1. The van der Waals surface area contributed by atoms with Gasteiger partial charge in [-0.2, -0.15) is 0 Å². The van der Waals surface area contributed by atoms with Crippen LogP contribution in [0.3, 0.4) is 0 Å². The number of hydrogen-bond acceptors (Lipinski definition) is 4. The first kappa shape index (κ1) is 12.0. The van der Waals surface area contributed by atoms with Crippen molar-refractivity contribution in [2.75, 3.05) is 0 Å². The Kier molecular flexibility index (Phi) is 4.61. The summed E-state index contributed by atoms with van der Waals surface area (Å²) in [5.74, 6) is -0.0168. The van der Waals surface area contributed by atoms with Crippen LogP contribution in [0.5, 0.6) is 0 Å². The Morgan fingerprint density at radius 1 is 1.67 bits per heavy atom. The number of nitrogens with one attached hydrogen (secondary N) is 1. The highest BCUT2D eigenvalue weighted by Gasteiger charge is 2.15. The molecule has 0 saturated heterocycles. The summed E-state index contributed by atoms with van der Waals surface area (Å²) < 4.78 is 0. The fourth-order valence-corrected chi connectivity index (χ4v) is 1.67. The predicted octanol–water partition coefficient (Wildman–Crippen LogP) is 1.71. The van der Waals surface area contributed by atoms with Gasteiger partial charge in [-0.05, 0) is 13.3 Å². The maximum atomic E-state index is 10.6. The van der Waals surface area contributed by atoms with Gasteiger partial charge in [0.25, 0.3) is 0 Å². The molecule has 0 spiro atoms. The van der Waals surface area contributed by atoms with E-state index in [0.29, 0.717) is 5.16 Å². The molecule has 1 unspecified atom stereocenters. The van der Waals surface area contributed by atoms with Crippen LogP contribution in [-0.4, -0.2) is 31.5 Å². The second-order valence-electron chi connectivity index (χ2n) is 3.27. The van der Waals surface area contributed by atoms with Crippen molar-refractivity contribution in [3.63, 3.8) is 0 Å². The van der Waals surface area contributed by atoms with E-state index in [9.17, 15) is 4.79 Å². The molecule has 0 aliphatic heterocycles. The molecule has 0 aromatic carbocycles. The summed E-state index contributed by atoms with van der Waals surface area (Å²) >= 11 is 1.15. The van der Waals surface area contributed by atoms with E-state index in [-0.39, 0.29) is 0 Å². The number of hydrogen-bond donors (Lipinski definition) is 2. The second kappa shape index (κ2) is 5.75. The minimum atomic E-state index is -0.847. The van der Waals surface area contributed by atoms with Gasteiger partial charge in [-0.1, -0.05) is 25.1 Å². The minimum absolute atomic E-state index is 0.510. The van der Waals surface area contributed by atoms with Crippen molar-refractivity contribution in [2.24, 2.45) is 0 Å². The molecule has 15 heavy (non-hydrogen) atoms. The van der Waals surface area contributed by atoms with Gasteiger partial charge >= 0.3 is 5.97 Å². The van der Waals surface area contributed by atoms with E-state index in [1.165, 1.54) is 0 Å². The van der Waals surface area contributed by atoms with Gasteiger partial charge in [0.05, 0.1) is 0 Å². The molecule has 1 atom stereocenters. The highest BCUT2D eigenvalue weighted by molar-refractivity contribution is 8.00. The monoisotopic (exact) mass is 229 g/mol. The first-order chi connectivity index (χ1) is 7.13. The number of aryl methyl sites for hydroxylation is 1. The Labute approximate surface area is 92.7 Å². The number of rotatable bonds is 6. The lowest BCUT2D eigenvalue weighted by atomic mass is 10.2. The molecule has 1 aromatic heterocycles. The number of thioether (sulfide) groups is 1. The molecule has 84 valence electrons. The molecule has 0 bridgehead atoms. The summed E-state index contributed by atoms with van der Waals surface area (Å²) in [6.07, 6.45) is 3.04. The molecular formula is C9H15N3O2S. The molecule has 0 radical (unpaired) electrons. The summed E-state index contributed by atoms with van der Waals surface area (Å²) in [5, 5.41) is 15.5. The van der Waals surface area contributed by atoms with Crippen molar-refractivity contribution in [2.45, 2.75) is 43.5 Å². The van der Waals surface area contributed by atoms with Crippen LogP contribution < -0.4 is 0 Å². The number of carboxylic acids is 1. The average molecular weight is 229 g/mol. The van der Waals surface area contributed by atoms with Gasteiger partial charge in [0.2, 0.25) is 5.16 Å². The smallest absolute Gasteiger partial charge is 0.316 e. The number of nitrogens with zero attached hydrogens (tertiary/aromatic N) is 2. The first-order valence-corrected chi connectivity index (χ1v) is 5.82. The summed E-state index contributed by atoms with van der Waals surface area (Å²) in [4.78, 5) is 14.8. The summed E-state index contributed by atoms with van der Waals surface area (Å²) in [5.41, 5.74) is 0. The van der Waals surface area contributed by atoms with Crippen LogP contribution in [0.15, 0.2) is 5.16 Å². The van der Waals surface area contributed by atoms with E-state index in [4.69, 9.17) is 5.11 Å². The van der Waals surface area contributed by atoms with Gasteiger partial charge in [-0.3, -0.25) is 9.89 Å². The zero-order valence-electron chi connectivity index (χ0n) is 8.86. The van der Waals surface area contributed by atoms with Crippen molar-refractivity contribution in [3.05, 3.63) is 5.82 Å². The van der Waals surface area contributed by atoms with E-state index < -0.39 is 11.2 Å². The van der Waals surface area contributed by atoms with Crippen LogP contribution in [-0.2, 0) is 11.2 Å². The van der Waals surface area contributed by atoms with Crippen molar-refractivity contribution >= 4 is 17.7 Å². The molecule has 0 saturated carbocycles. The van der Waals surface area contributed by atoms with E-state index in [0.717, 1.165) is 36.8 Å². The maximum Gasteiger partial charge on any atom is 0.316 e. The number of carbonyl (C=O) groups is 1. The minimum Gasteiger partial charge on any atom is -0.480 e. The maximum absolute atomic E-state index is 10.6. The number of aromatic amines is 1. The third-order valence-electron chi connectivity index (χ3n) is 1.91. The number of carboxylic acid groups (broad SMARTS) is 1. The van der Waals surface area contributed by atoms with Gasteiger partial charge in [-0.15, -0.1) is 5.10 Å².